The molecule has 0 saturated heterocycles. The Labute approximate surface area is 246 Å². The van der Waals surface area contributed by atoms with Crippen LogP contribution in [0, 0.1) is 5.92 Å². The summed E-state index contributed by atoms with van der Waals surface area (Å²) in [6.07, 6.45) is -1.75. The number of halogens is 5. The minimum Gasteiger partial charge on any atom is -0.372 e. The lowest BCUT2D eigenvalue weighted by molar-refractivity contribution is -0.138. The zero-order chi connectivity index (χ0) is 30.5. The third-order valence-electron chi connectivity index (χ3n) is 9.21. The maximum Gasteiger partial charge on any atom is 0.416 e. The summed E-state index contributed by atoms with van der Waals surface area (Å²) in [5, 5.41) is 11.7. The molecule has 12 heteroatoms. The number of nitrogens with one attached hydrogen (secondary N) is 1. The van der Waals surface area contributed by atoms with Gasteiger partial charge in [0, 0.05) is 36.3 Å². The van der Waals surface area contributed by atoms with E-state index in [-0.39, 0.29) is 47.7 Å². The fraction of sp³-hybridized carbons (Fsp3) is 0.516. The fourth-order valence-electron chi connectivity index (χ4n) is 6.55. The van der Waals surface area contributed by atoms with Crippen LogP contribution in [0.15, 0.2) is 42.7 Å². The molecule has 1 N–H and O–H groups in total. The number of aryl methyl sites for hydroxylation is 1. The minimum absolute atomic E-state index is 0.0237. The lowest BCUT2D eigenvalue weighted by Gasteiger charge is -2.40. The Bertz CT molecular complexity index is 1500. The van der Waals surface area contributed by atoms with Gasteiger partial charge in [0.05, 0.1) is 18.2 Å². The van der Waals surface area contributed by atoms with E-state index in [9.17, 15) is 26.7 Å². The number of nitrogens with zero attached hydrogens (tertiary/aromatic N) is 4. The molecular weight excluding hydrogens is 569 g/mol. The molecule has 2 heterocycles. The van der Waals surface area contributed by atoms with Crippen LogP contribution in [0.1, 0.15) is 83.4 Å². The normalized spacial score (nSPS) is 22.0. The lowest BCUT2D eigenvalue weighted by Crippen LogP contribution is -2.47. The third-order valence-corrected chi connectivity index (χ3v) is 9.21. The van der Waals surface area contributed by atoms with Crippen molar-refractivity contribution >= 4 is 11.6 Å². The van der Waals surface area contributed by atoms with Gasteiger partial charge in [0.1, 0.15) is 18.8 Å². The highest BCUT2D eigenvalue weighted by atomic mass is 19.4. The zero-order valence-electron chi connectivity index (χ0n) is 24.0. The predicted octanol–water partition coefficient (Wildman–Crippen LogP) is 6.22. The zero-order valence-corrected chi connectivity index (χ0v) is 24.0. The van der Waals surface area contributed by atoms with Gasteiger partial charge >= 0.3 is 6.18 Å². The van der Waals surface area contributed by atoms with Gasteiger partial charge in [-0.25, -0.2) is 8.78 Å². The standard InChI is InChI=1S/C31H34F5N5O2/c1-30(7-4-8-30)37-14-18-9-23-24(25(10-18)31(34,35)36)15-41(29(23)42)21-6-3-5-19(11-21)27(28-39-38-17-40(28)2)20-12-22(13-20)43-16-26(32)33/h3,5-6,9-11,17,20,22,26-27,37H,4,7-8,12-16H2,1-2H3/t20-,22+,27?. The van der Waals surface area contributed by atoms with Gasteiger partial charge < -0.3 is 19.5 Å². The Morgan fingerprint density at radius 1 is 1.16 bits per heavy atom. The molecule has 3 aromatic rings. The number of amides is 1. The molecule has 0 spiro atoms. The Morgan fingerprint density at radius 3 is 2.56 bits per heavy atom. The number of hydrogen-bond acceptors (Lipinski definition) is 5. The second-order valence-electron chi connectivity index (χ2n) is 12.3. The van der Waals surface area contributed by atoms with Gasteiger partial charge in [-0.05, 0) is 85.9 Å². The molecule has 1 aromatic heterocycles. The molecule has 6 rings (SSSR count). The molecule has 2 fully saturated rings. The van der Waals surface area contributed by atoms with Crippen molar-refractivity contribution in [2.75, 3.05) is 11.5 Å². The average Bonchev–Trinajstić information content (AvgIpc) is 3.49. The summed E-state index contributed by atoms with van der Waals surface area (Å²) in [4.78, 5) is 15.1. The van der Waals surface area contributed by atoms with E-state index in [0.717, 1.165) is 30.9 Å². The molecular formula is C31H34F5N5O2. The van der Waals surface area contributed by atoms with Crippen molar-refractivity contribution in [1.29, 1.82) is 0 Å². The van der Waals surface area contributed by atoms with Crippen LogP contribution in [-0.4, -0.2) is 45.3 Å². The number of hydrogen-bond donors (Lipinski definition) is 1. The largest absolute Gasteiger partial charge is 0.416 e. The van der Waals surface area contributed by atoms with Gasteiger partial charge in [-0.15, -0.1) is 10.2 Å². The van der Waals surface area contributed by atoms with Crippen LogP contribution in [0.25, 0.3) is 0 Å². The lowest BCUT2D eigenvalue weighted by atomic mass is 9.70. The average molecular weight is 604 g/mol. The van der Waals surface area contributed by atoms with Gasteiger partial charge in [0.15, 0.2) is 0 Å². The van der Waals surface area contributed by atoms with E-state index in [0.29, 0.717) is 29.9 Å². The van der Waals surface area contributed by atoms with Crippen molar-refractivity contribution in [3.63, 3.8) is 0 Å². The molecule has 2 aliphatic carbocycles. The smallest absolute Gasteiger partial charge is 0.372 e. The Balaban J connectivity index is 1.28. The highest BCUT2D eigenvalue weighted by molar-refractivity contribution is 6.10. The first-order chi connectivity index (χ1) is 20.4. The number of fused-ring (bicyclic) bond motifs is 1. The Kier molecular flexibility index (Phi) is 7.78. The van der Waals surface area contributed by atoms with Crippen molar-refractivity contribution in [3.05, 3.63) is 76.4 Å². The van der Waals surface area contributed by atoms with E-state index in [4.69, 9.17) is 4.74 Å². The summed E-state index contributed by atoms with van der Waals surface area (Å²) in [5.74, 6) is -0.0530. The third kappa shape index (κ3) is 5.91. The van der Waals surface area contributed by atoms with E-state index in [2.05, 4.69) is 22.4 Å². The van der Waals surface area contributed by atoms with E-state index in [1.54, 1.807) is 29.1 Å². The first-order valence-corrected chi connectivity index (χ1v) is 14.6. The van der Waals surface area contributed by atoms with E-state index < -0.39 is 30.7 Å². The van der Waals surface area contributed by atoms with Gasteiger partial charge in [0.25, 0.3) is 12.3 Å². The number of carbonyl (C=O) groups is 1. The van der Waals surface area contributed by atoms with Crippen LogP contribution in [0.5, 0.6) is 0 Å². The van der Waals surface area contributed by atoms with Crippen LogP contribution in [-0.2, 0) is 31.1 Å². The Morgan fingerprint density at radius 2 is 1.93 bits per heavy atom. The molecule has 0 bridgehead atoms. The molecule has 2 saturated carbocycles. The van der Waals surface area contributed by atoms with Gasteiger partial charge in [0.2, 0.25) is 0 Å². The van der Waals surface area contributed by atoms with Crippen molar-refractivity contribution < 1.29 is 31.5 Å². The van der Waals surface area contributed by atoms with Crippen molar-refractivity contribution in [3.8, 4) is 0 Å². The molecule has 7 nitrogen and oxygen atoms in total. The van der Waals surface area contributed by atoms with Crippen molar-refractivity contribution in [2.45, 2.75) is 82.3 Å². The molecule has 1 atom stereocenters. The van der Waals surface area contributed by atoms with E-state index >= 15 is 0 Å². The number of alkyl halides is 5. The molecule has 230 valence electrons. The SMILES string of the molecule is Cn1cnnc1C(c1cccc(N2Cc3c(cc(CNC4(C)CCC4)cc3C(F)(F)F)C2=O)c1)[C@H]1C[C@@H](OCC(F)F)C1. The summed E-state index contributed by atoms with van der Waals surface area (Å²) in [7, 11) is 1.81. The summed E-state index contributed by atoms with van der Waals surface area (Å²) in [6.45, 7) is 1.50. The van der Waals surface area contributed by atoms with Crippen LogP contribution in [0.2, 0.25) is 0 Å². The Hall–Kier alpha value is -3.38. The second-order valence-corrected chi connectivity index (χ2v) is 12.3. The van der Waals surface area contributed by atoms with Crippen LogP contribution in [0.4, 0.5) is 27.6 Å². The van der Waals surface area contributed by atoms with Gasteiger partial charge in [-0.1, -0.05) is 12.1 Å². The van der Waals surface area contributed by atoms with Crippen molar-refractivity contribution in [2.24, 2.45) is 13.0 Å². The first kappa shape index (κ1) is 29.7. The highest BCUT2D eigenvalue weighted by Crippen LogP contribution is 2.46. The number of ether oxygens (including phenoxy) is 1. The maximum atomic E-state index is 14.2. The quantitative estimate of drug-likeness (QED) is 0.279. The fourth-order valence-corrected chi connectivity index (χ4v) is 6.55. The van der Waals surface area contributed by atoms with Gasteiger partial charge in [-0.3, -0.25) is 4.79 Å². The van der Waals surface area contributed by atoms with Crippen LogP contribution < -0.4 is 10.2 Å². The summed E-state index contributed by atoms with van der Waals surface area (Å²) < 4.78 is 75.1. The summed E-state index contributed by atoms with van der Waals surface area (Å²) in [5.41, 5.74) is 0.883. The maximum absolute atomic E-state index is 14.2. The van der Waals surface area contributed by atoms with Crippen LogP contribution in [0.3, 0.4) is 0 Å². The van der Waals surface area contributed by atoms with Gasteiger partial charge in [-0.2, -0.15) is 13.2 Å². The number of rotatable bonds is 10. The first-order valence-electron chi connectivity index (χ1n) is 14.6. The van der Waals surface area contributed by atoms with E-state index in [1.807, 2.05) is 19.2 Å². The molecule has 2 aromatic carbocycles. The van der Waals surface area contributed by atoms with Crippen molar-refractivity contribution in [1.82, 2.24) is 20.1 Å². The predicted molar refractivity (Wildman–Crippen MR) is 149 cm³/mol. The summed E-state index contributed by atoms with van der Waals surface area (Å²) >= 11 is 0. The molecule has 3 aliphatic rings. The second kappa shape index (κ2) is 11.3. The summed E-state index contributed by atoms with van der Waals surface area (Å²) in [6, 6.07) is 9.92. The number of aromatic nitrogens is 3. The number of carbonyl (C=O) groups excluding carboxylic acids is 1. The van der Waals surface area contributed by atoms with Crippen LogP contribution >= 0.6 is 0 Å². The molecule has 1 amide bonds. The highest BCUT2D eigenvalue weighted by Gasteiger charge is 2.42. The molecule has 43 heavy (non-hydrogen) atoms. The number of benzene rings is 2. The topological polar surface area (TPSA) is 72.3 Å². The molecule has 1 aliphatic heterocycles. The minimum atomic E-state index is -4.61. The number of anilines is 1. The molecule has 0 radical (unpaired) electrons. The van der Waals surface area contributed by atoms with E-state index in [1.165, 1.54) is 4.90 Å². The molecule has 1 unspecified atom stereocenters. The monoisotopic (exact) mass is 603 g/mol.